The third-order valence-electron chi connectivity index (χ3n) is 14.6. The van der Waals surface area contributed by atoms with Crippen LogP contribution in [0.5, 0.6) is 0 Å². The molecule has 0 fully saturated rings. The van der Waals surface area contributed by atoms with E-state index in [9.17, 15) is 0 Å². The van der Waals surface area contributed by atoms with Crippen LogP contribution in [-0.4, -0.2) is 0 Å². The SMILES string of the molecule is c1ccc(-c2ccc(N(c3ccc(-c4ccc5oc6ccccc6c5c4)cc3)c3cc(N(c4ccccc4)c4ccccc4)cc(N(c4ccccc4)c4ccc(-c5ccc6sc7ccccc7c6c5)cc4)c3)cc2)cc1. The molecule has 0 radical (unpaired) electrons. The van der Waals surface area contributed by atoms with Crippen LogP contribution in [-0.2, 0) is 0 Å². The first kappa shape index (κ1) is 45.7. The fraction of sp³-hybridized carbons (Fsp3) is 0. The second-order valence-corrected chi connectivity index (χ2v) is 20.4. The summed E-state index contributed by atoms with van der Waals surface area (Å²) in [6.07, 6.45) is 0. The molecule has 0 aliphatic heterocycles. The highest BCUT2D eigenvalue weighted by atomic mass is 32.1. The number of hydrogen-bond donors (Lipinski definition) is 0. The molecule has 0 bridgehead atoms. The van der Waals surface area contributed by atoms with E-state index in [1.54, 1.807) is 0 Å². The van der Waals surface area contributed by atoms with E-state index in [2.05, 4.69) is 300 Å². The minimum atomic E-state index is 0.887. The molecule has 0 atom stereocenters. The Morgan fingerprint density at radius 3 is 1.05 bits per heavy atom. The maximum absolute atomic E-state index is 6.23. The molecule has 0 N–H and O–H groups in total. The molecule has 4 nitrogen and oxygen atoms in total. The molecule has 77 heavy (non-hydrogen) atoms. The van der Waals surface area contributed by atoms with Gasteiger partial charge in [-0.15, -0.1) is 11.3 Å². The summed E-state index contributed by atoms with van der Waals surface area (Å²) in [5.74, 6) is 0. The number of fused-ring (bicyclic) bond motifs is 6. The van der Waals surface area contributed by atoms with Gasteiger partial charge in [0.25, 0.3) is 0 Å². The molecule has 14 aromatic rings. The smallest absolute Gasteiger partial charge is 0.135 e. The molecule has 0 aliphatic carbocycles. The monoisotopic (exact) mass is 1000 g/mol. The summed E-state index contributed by atoms with van der Waals surface area (Å²) in [4.78, 5) is 7.14. The van der Waals surface area contributed by atoms with E-state index in [1.165, 1.54) is 36.9 Å². The summed E-state index contributed by atoms with van der Waals surface area (Å²) < 4.78 is 8.84. The first-order valence-corrected chi connectivity index (χ1v) is 26.9. The van der Waals surface area contributed by atoms with Crippen LogP contribution in [0.1, 0.15) is 0 Å². The quantitative estimate of drug-likeness (QED) is 0.122. The second-order valence-electron chi connectivity index (χ2n) is 19.3. The standard InChI is InChI=1S/C72H49N3OS/c1-5-17-50(18-6-1)51-29-37-60(38-30-51)75(61-41-31-52(32-42-61)54-35-43-70-67(45-54)65-25-13-15-27-69(65)76-70)64-48-62(73(56-19-7-2-8-20-56)57-21-9-3-10-22-57)47-63(49-64)74(58-23-11-4-12-24-58)59-39-33-53(34-40-59)55-36-44-72-68(46-55)66-26-14-16-28-71(66)77-72/h1-49H. The molecule has 0 spiro atoms. The van der Waals surface area contributed by atoms with Crippen LogP contribution < -0.4 is 14.7 Å². The predicted molar refractivity (Wildman–Crippen MR) is 327 cm³/mol. The lowest BCUT2D eigenvalue weighted by Gasteiger charge is -2.33. The molecule has 2 aromatic heterocycles. The predicted octanol–water partition coefficient (Wildman–Crippen LogP) is 21.4. The summed E-state index contributed by atoms with van der Waals surface area (Å²) in [5.41, 5.74) is 18.0. The van der Waals surface area contributed by atoms with Crippen LogP contribution in [0.3, 0.4) is 0 Å². The van der Waals surface area contributed by atoms with E-state index in [0.29, 0.717) is 0 Å². The van der Waals surface area contributed by atoms with Gasteiger partial charge in [-0.2, -0.15) is 0 Å². The Hall–Kier alpha value is -9.94. The molecule has 0 unspecified atom stereocenters. The second kappa shape index (κ2) is 19.7. The fourth-order valence-corrected chi connectivity index (χ4v) is 12.0. The van der Waals surface area contributed by atoms with Gasteiger partial charge in [-0.3, -0.25) is 0 Å². The summed E-state index contributed by atoms with van der Waals surface area (Å²) in [5, 5.41) is 4.82. The normalized spacial score (nSPS) is 11.4. The largest absolute Gasteiger partial charge is 0.456 e. The highest BCUT2D eigenvalue weighted by molar-refractivity contribution is 7.25. The Labute approximate surface area is 451 Å². The van der Waals surface area contributed by atoms with Crippen LogP contribution in [0.25, 0.3) is 75.5 Å². The first-order valence-electron chi connectivity index (χ1n) is 26.0. The van der Waals surface area contributed by atoms with Crippen molar-refractivity contribution in [2.45, 2.75) is 0 Å². The van der Waals surface area contributed by atoms with Gasteiger partial charge in [0.05, 0.1) is 17.1 Å². The molecule has 0 saturated heterocycles. The van der Waals surface area contributed by atoms with Gasteiger partial charge in [0, 0.05) is 65.1 Å². The van der Waals surface area contributed by atoms with Gasteiger partial charge in [0.15, 0.2) is 0 Å². The highest BCUT2D eigenvalue weighted by Gasteiger charge is 2.23. The number of thiophene rings is 1. The van der Waals surface area contributed by atoms with E-state index >= 15 is 0 Å². The third kappa shape index (κ3) is 8.75. The topological polar surface area (TPSA) is 22.9 Å². The van der Waals surface area contributed by atoms with Crippen molar-refractivity contribution in [1.29, 1.82) is 0 Å². The average Bonchev–Trinajstić information content (AvgIpc) is 4.09. The van der Waals surface area contributed by atoms with Crippen molar-refractivity contribution in [2.75, 3.05) is 14.7 Å². The fourth-order valence-electron chi connectivity index (χ4n) is 10.9. The van der Waals surface area contributed by atoms with Crippen molar-refractivity contribution >= 4 is 105 Å². The van der Waals surface area contributed by atoms with E-state index in [4.69, 9.17) is 4.42 Å². The van der Waals surface area contributed by atoms with Crippen LogP contribution in [0.4, 0.5) is 51.2 Å². The molecule has 12 aromatic carbocycles. The van der Waals surface area contributed by atoms with Crippen molar-refractivity contribution in [3.8, 4) is 33.4 Å². The highest BCUT2D eigenvalue weighted by Crippen LogP contribution is 2.47. The minimum Gasteiger partial charge on any atom is -0.456 e. The summed E-state index contributed by atoms with van der Waals surface area (Å²) in [6, 6.07) is 107. The lowest BCUT2D eigenvalue weighted by Crippen LogP contribution is -2.16. The van der Waals surface area contributed by atoms with Gasteiger partial charge in [-0.25, -0.2) is 0 Å². The maximum Gasteiger partial charge on any atom is 0.135 e. The Morgan fingerprint density at radius 1 is 0.208 bits per heavy atom. The lowest BCUT2D eigenvalue weighted by atomic mass is 10.0. The van der Waals surface area contributed by atoms with Crippen molar-refractivity contribution in [2.24, 2.45) is 0 Å². The zero-order chi connectivity index (χ0) is 51.1. The Bertz CT molecular complexity index is 4330. The third-order valence-corrected chi connectivity index (χ3v) is 15.8. The zero-order valence-electron chi connectivity index (χ0n) is 41.9. The van der Waals surface area contributed by atoms with E-state index in [-0.39, 0.29) is 0 Å². The molecule has 14 rings (SSSR count). The molecular formula is C72H49N3OS. The number of benzene rings is 12. The van der Waals surface area contributed by atoms with Crippen LogP contribution in [0.2, 0.25) is 0 Å². The number of nitrogens with zero attached hydrogens (tertiary/aromatic N) is 3. The Kier molecular flexibility index (Phi) is 11.7. The van der Waals surface area contributed by atoms with Crippen LogP contribution >= 0.6 is 11.3 Å². The molecule has 0 aliphatic rings. The van der Waals surface area contributed by atoms with Gasteiger partial charge in [-0.05, 0) is 161 Å². The van der Waals surface area contributed by atoms with Crippen LogP contribution in [0.15, 0.2) is 302 Å². The lowest BCUT2D eigenvalue weighted by molar-refractivity contribution is 0.669. The van der Waals surface area contributed by atoms with Crippen LogP contribution in [0, 0.1) is 0 Å². The van der Waals surface area contributed by atoms with Crippen molar-refractivity contribution < 1.29 is 4.42 Å². The average molecular weight is 1000 g/mol. The van der Waals surface area contributed by atoms with Gasteiger partial charge in [0.2, 0.25) is 0 Å². The number of furan rings is 1. The van der Waals surface area contributed by atoms with Crippen molar-refractivity contribution in [3.63, 3.8) is 0 Å². The zero-order valence-corrected chi connectivity index (χ0v) is 42.8. The molecular weight excluding hydrogens is 955 g/mol. The Morgan fingerprint density at radius 2 is 0.545 bits per heavy atom. The molecule has 0 amide bonds. The summed E-state index contributed by atoms with van der Waals surface area (Å²) in [6.45, 7) is 0. The molecule has 2 heterocycles. The molecule has 5 heteroatoms. The molecule has 364 valence electrons. The number of rotatable bonds is 12. The first-order chi connectivity index (χ1) is 38.1. The van der Waals surface area contributed by atoms with Crippen molar-refractivity contribution in [1.82, 2.24) is 0 Å². The number of anilines is 9. The summed E-state index contributed by atoms with van der Waals surface area (Å²) in [7, 11) is 0. The van der Waals surface area contributed by atoms with Crippen molar-refractivity contribution in [3.05, 3.63) is 297 Å². The van der Waals surface area contributed by atoms with E-state index in [1.807, 2.05) is 23.5 Å². The van der Waals surface area contributed by atoms with Gasteiger partial charge < -0.3 is 19.1 Å². The maximum atomic E-state index is 6.23. The number of hydrogen-bond acceptors (Lipinski definition) is 5. The summed E-state index contributed by atoms with van der Waals surface area (Å²) >= 11 is 1.85. The minimum absolute atomic E-state index is 0.887. The number of para-hydroxylation sites is 4. The van der Waals surface area contributed by atoms with Gasteiger partial charge in [0.1, 0.15) is 11.2 Å². The Balaban J connectivity index is 0.949. The van der Waals surface area contributed by atoms with Gasteiger partial charge in [-0.1, -0.05) is 170 Å². The van der Waals surface area contributed by atoms with E-state index < -0.39 is 0 Å². The van der Waals surface area contributed by atoms with Gasteiger partial charge >= 0.3 is 0 Å². The van der Waals surface area contributed by atoms with E-state index in [0.717, 1.165) is 89.8 Å². The molecule has 0 saturated carbocycles.